The van der Waals surface area contributed by atoms with Crippen LogP contribution in [0.1, 0.15) is 38.4 Å². The number of allylic oxidation sites excluding steroid dienone is 2. The summed E-state index contributed by atoms with van der Waals surface area (Å²) >= 11 is 5.97. The van der Waals surface area contributed by atoms with Gasteiger partial charge in [-0.15, -0.1) is 0 Å². The van der Waals surface area contributed by atoms with Gasteiger partial charge in [-0.3, -0.25) is 5.10 Å². The van der Waals surface area contributed by atoms with Crippen molar-refractivity contribution in [2.75, 3.05) is 7.11 Å². The smallest absolute Gasteiger partial charge is 0.144 e. The van der Waals surface area contributed by atoms with Gasteiger partial charge in [-0.2, -0.15) is 5.10 Å². The molecule has 88 valence electrons. The molecule has 1 aromatic heterocycles. The van der Waals surface area contributed by atoms with E-state index in [-0.39, 0.29) is 0 Å². The van der Waals surface area contributed by atoms with Crippen LogP contribution < -0.4 is 0 Å². The van der Waals surface area contributed by atoms with Gasteiger partial charge < -0.3 is 4.74 Å². The summed E-state index contributed by atoms with van der Waals surface area (Å²) in [6, 6.07) is 0. The molecule has 0 spiro atoms. The lowest BCUT2D eigenvalue weighted by molar-refractivity contribution is 0.368. The van der Waals surface area contributed by atoms with Crippen LogP contribution in [-0.4, -0.2) is 17.3 Å². The Bertz CT molecular complexity index is 414. The summed E-state index contributed by atoms with van der Waals surface area (Å²) in [7, 11) is 1.61. The summed E-state index contributed by atoms with van der Waals surface area (Å²) < 4.78 is 5.27. The quantitative estimate of drug-likeness (QED) is 0.813. The number of H-pyrrole nitrogens is 1. The molecular weight excluding hydrogens is 224 g/mol. The first-order valence-electron chi connectivity index (χ1n) is 5.21. The molecule has 0 aliphatic heterocycles. The lowest BCUT2D eigenvalue weighted by Gasteiger charge is -2.06. The van der Waals surface area contributed by atoms with E-state index in [1.165, 1.54) is 5.57 Å². The van der Waals surface area contributed by atoms with E-state index < -0.39 is 0 Å². The molecule has 1 heterocycles. The topological polar surface area (TPSA) is 37.9 Å². The van der Waals surface area contributed by atoms with Gasteiger partial charge in [0.05, 0.1) is 29.6 Å². The van der Waals surface area contributed by atoms with Gasteiger partial charge in [-0.25, -0.2) is 0 Å². The summed E-state index contributed by atoms with van der Waals surface area (Å²) in [6.45, 7) is 5.99. The van der Waals surface area contributed by atoms with E-state index in [1.807, 2.05) is 0 Å². The highest BCUT2D eigenvalue weighted by Gasteiger charge is 2.11. The van der Waals surface area contributed by atoms with E-state index in [0.717, 1.165) is 17.7 Å². The van der Waals surface area contributed by atoms with Crippen molar-refractivity contribution < 1.29 is 4.74 Å². The Hall–Kier alpha value is -1.22. The number of nitrogens with zero attached hydrogens (tertiary/aromatic N) is 1. The Kier molecular flexibility index (Phi) is 4.62. The standard InChI is InChI=1S/C12H17ClN2O/c1-5-8(2)6-11-10(7-14-15-11)12(16-4)9(3)13/h6-7H,5H2,1-4H3,(H,14,15)/b8-6+,12-9-. The summed E-state index contributed by atoms with van der Waals surface area (Å²) in [5.41, 5.74) is 3.09. The van der Waals surface area contributed by atoms with Gasteiger partial charge in [-0.1, -0.05) is 24.1 Å². The fourth-order valence-electron chi connectivity index (χ4n) is 1.37. The molecule has 0 amide bonds. The van der Waals surface area contributed by atoms with Crippen LogP contribution in [0, 0.1) is 0 Å². The molecule has 1 N–H and O–H groups in total. The largest absolute Gasteiger partial charge is 0.495 e. The molecule has 16 heavy (non-hydrogen) atoms. The van der Waals surface area contributed by atoms with Crippen LogP contribution in [0.25, 0.3) is 11.8 Å². The molecule has 4 heteroatoms. The number of aromatic nitrogens is 2. The molecule has 0 saturated heterocycles. The van der Waals surface area contributed by atoms with Gasteiger partial charge >= 0.3 is 0 Å². The number of aromatic amines is 1. The maximum atomic E-state index is 5.97. The predicted molar refractivity (Wildman–Crippen MR) is 68.0 cm³/mol. The van der Waals surface area contributed by atoms with Gasteiger partial charge in [0.2, 0.25) is 0 Å². The molecule has 0 unspecified atom stereocenters. The van der Waals surface area contributed by atoms with Crippen molar-refractivity contribution >= 4 is 23.4 Å². The van der Waals surface area contributed by atoms with Crippen molar-refractivity contribution in [3.8, 4) is 0 Å². The SMILES string of the molecule is CC/C(C)=C/c1[nH]ncc1/C(OC)=C(\C)Cl. The number of rotatable bonds is 4. The molecule has 1 rings (SSSR count). The number of ether oxygens (including phenoxy) is 1. The van der Waals surface area contributed by atoms with Crippen molar-refractivity contribution in [3.05, 3.63) is 28.1 Å². The Balaban J connectivity index is 3.17. The highest BCUT2D eigenvalue weighted by molar-refractivity contribution is 6.32. The third-order valence-corrected chi connectivity index (χ3v) is 2.55. The van der Waals surface area contributed by atoms with E-state index in [4.69, 9.17) is 16.3 Å². The molecule has 0 aromatic carbocycles. The van der Waals surface area contributed by atoms with Gasteiger partial charge in [0.1, 0.15) is 5.76 Å². The third-order valence-electron chi connectivity index (χ3n) is 2.38. The Labute approximate surface area is 101 Å². The summed E-state index contributed by atoms with van der Waals surface area (Å²) in [5, 5.41) is 7.58. The van der Waals surface area contributed by atoms with Gasteiger partial charge in [0.25, 0.3) is 0 Å². The average molecular weight is 241 g/mol. The average Bonchev–Trinajstić information content (AvgIpc) is 2.67. The molecule has 0 aliphatic carbocycles. The van der Waals surface area contributed by atoms with E-state index in [1.54, 1.807) is 20.2 Å². The normalized spacial score (nSPS) is 13.7. The second kappa shape index (κ2) is 5.75. The highest BCUT2D eigenvalue weighted by Crippen LogP contribution is 2.25. The first-order chi connectivity index (χ1) is 7.60. The van der Waals surface area contributed by atoms with Crippen molar-refractivity contribution in [1.82, 2.24) is 10.2 Å². The van der Waals surface area contributed by atoms with Gasteiger partial charge in [0, 0.05) is 0 Å². The van der Waals surface area contributed by atoms with Crippen LogP contribution in [0.3, 0.4) is 0 Å². The molecular formula is C12H17ClN2O. The molecule has 0 fully saturated rings. The third kappa shape index (κ3) is 2.89. The minimum absolute atomic E-state index is 0.618. The highest BCUT2D eigenvalue weighted by atomic mass is 35.5. The summed E-state index contributed by atoms with van der Waals surface area (Å²) in [6.07, 6.45) is 4.78. The number of halogens is 1. The molecule has 0 saturated carbocycles. The van der Waals surface area contributed by atoms with Crippen molar-refractivity contribution in [2.45, 2.75) is 27.2 Å². The Morgan fingerprint density at radius 1 is 1.56 bits per heavy atom. The maximum Gasteiger partial charge on any atom is 0.144 e. The maximum absolute atomic E-state index is 5.97. The first kappa shape index (κ1) is 12.8. The Morgan fingerprint density at radius 3 is 2.75 bits per heavy atom. The second-order valence-electron chi connectivity index (χ2n) is 3.61. The van der Waals surface area contributed by atoms with Crippen LogP contribution in [0.15, 0.2) is 16.8 Å². The summed E-state index contributed by atoms with van der Waals surface area (Å²) in [5.74, 6) is 0.658. The monoisotopic (exact) mass is 240 g/mol. The van der Waals surface area contributed by atoms with Crippen molar-refractivity contribution in [3.63, 3.8) is 0 Å². The molecule has 0 bridgehead atoms. The molecule has 0 atom stereocenters. The molecule has 1 aromatic rings. The van der Waals surface area contributed by atoms with E-state index in [0.29, 0.717) is 10.8 Å². The molecule has 0 radical (unpaired) electrons. The van der Waals surface area contributed by atoms with Crippen LogP contribution in [-0.2, 0) is 4.74 Å². The van der Waals surface area contributed by atoms with E-state index in [2.05, 4.69) is 30.1 Å². The lowest BCUT2D eigenvalue weighted by Crippen LogP contribution is -1.90. The van der Waals surface area contributed by atoms with E-state index >= 15 is 0 Å². The zero-order chi connectivity index (χ0) is 12.1. The minimum atomic E-state index is 0.618. The fourth-order valence-corrected chi connectivity index (χ4v) is 1.55. The Morgan fingerprint density at radius 2 is 2.25 bits per heavy atom. The molecule has 3 nitrogen and oxygen atoms in total. The van der Waals surface area contributed by atoms with Crippen LogP contribution in [0.2, 0.25) is 0 Å². The van der Waals surface area contributed by atoms with Crippen LogP contribution in [0.4, 0.5) is 0 Å². The minimum Gasteiger partial charge on any atom is -0.495 e. The number of hydrogen-bond donors (Lipinski definition) is 1. The zero-order valence-electron chi connectivity index (χ0n) is 10.1. The fraction of sp³-hybridized carbons (Fsp3) is 0.417. The zero-order valence-corrected chi connectivity index (χ0v) is 10.9. The van der Waals surface area contributed by atoms with Gasteiger partial charge in [-0.05, 0) is 26.3 Å². The van der Waals surface area contributed by atoms with Crippen molar-refractivity contribution in [1.29, 1.82) is 0 Å². The van der Waals surface area contributed by atoms with Crippen molar-refractivity contribution in [2.24, 2.45) is 0 Å². The van der Waals surface area contributed by atoms with Crippen LogP contribution in [0.5, 0.6) is 0 Å². The second-order valence-corrected chi connectivity index (χ2v) is 4.18. The number of methoxy groups -OCH3 is 1. The van der Waals surface area contributed by atoms with Gasteiger partial charge in [0.15, 0.2) is 0 Å². The number of hydrogen-bond acceptors (Lipinski definition) is 2. The predicted octanol–water partition coefficient (Wildman–Crippen LogP) is 3.80. The van der Waals surface area contributed by atoms with Crippen LogP contribution >= 0.6 is 11.6 Å². The summed E-state index contributed by atoms with van der Waals surface area (Å²) in [4.78, 5) is 0. The van der Waals surface area contributed by atoms with E-state index in [9.17, 15) is 0 Å². The number of nitrogens with one attached hydrogen (secondary N) is 1. The molecule has 0 aliphatic rings. The lowest BCUT2D eigenvalue weighted by atomic mass is 10.1. The first-order valence-corrected chi connectivity index (χ1v) is 5.59.